The molecule has 3 aliphatic rings. The van der Waals surface area contributed by atoms with E-state index in [2.05, 4.69) is 47.3 Å². The highest BCUT2D eigenvalue weighted by Crippen LogP contribution is 2.68. The third kappa shape index (κ3) is 5.71. The number of fused-ring (bicyclic) bond motifs is 1. The van der Waals surface area contributed by atoms with Gasteiger partial charge < -0.3 is 25.4 Å². The average Bonchev–Trinajstić information content (AvgIpc) is 3.41. The van der Waals surface area contributed by atoms with Crippen LogP contribution in [0.5, 0.6) is 5.75 Å². The number of nitrogens with one attached hydrogen (secondary N) is 2. The van der Waals surface area contributed by atoms with Gasteiger partial charge in [-0.05, 0) is 70.2 Å². The number of hydrogen-bond donors (Lipinski definition) is 3. The molecule has 10 heteroatoms. The first-order chi connectivity index (χ1) is 18.1. The summed E-state index contributed by atoms with van der Waals surface area (Å²) < 4.78 is 4.74. The second kappa shape index (κ2) is 10.9. The number of likely N-dealkylation sites (tertiary alicyclic amines) is 1. The van der Waals surface area contributed by atoms with E-state index in [0.717, 1.165) is 6.42 Å². The van der Waals surface area contributed by atoms with E-state index in [4.69, 9.17) is 4.74 Å². The third-order valence-corrected chi connectivity index (χ3v) is 11.1. The fraction of sp³-hybridized carbons (Fsp3) is 0.690. The number of aliphatic hydroxyl groups excluding tert-OH is 1. The normalized spacial score (nSPS) is 30.7. The molecule has 0 aromatic heterocycles. The van der Waals surface area contributed by atoms with Crippen LogP contribution in [0, 0.1) is 17.3 Å². The first-order valence-corrected chi connectivity index (χ1v) is 15.5. The van der Waals surface area contributed by atoms with Gasteiger partial charge in [-0.3, -0.25) is 14.4 Å². The molecule has 1 aromatic carbocycles. The largest absolute Gasteiger partial charge is 0.494 e. The van der Waals surface area contributed by atoms with Crippen LogP contribution in [0.1, 0.15) is 61.3 Å². The molecular formula is C29H42BrN3O5S. The van der Waals surface area contributed by atoms with E-state index >= 15 is 0 Å². The van der Waals surface area contributed by atoms with Gasteiger partial charge in [0.15, 0.2) is 0 Å². The molecule has 0 saturated carbocycles. The van der Waals surface area contributed by atoms with Gasteiger partial charge in [0.05, 0.1) is 35.8 Å². The molecule has 216 valence electrons. The maximum atomic E-state index is 14.1. The summed E-state index contributed by atoms with van der Waals surface area (Å²) in [6, 6.07) is 5.84. The monoisotopic (exact) mass is 623 g/mol. The lowest BCUT2D eigenvalue weighted by atomic mass is 9.70. The molecule has 3 heterocycles. The van der Waals surface area contributed by atoms with Gasteiger partial charge in [0.2, 0.25) is 17.7 Å². The van der Waals surface area contributed by atoms with Crippen LogP contribution in [0.4, 0.5) is 5.69 Å². The minimum atomic E-state index is -0.783. The lowest BCUT2D eigenvalue weighted by molar-refractivity contribution is -0.142. The van der Waals surface area contributed by atoms with Crippen molar-refractivity contribution in [3.05, 3.63) is 24.3 Å². The van der Waals surface area contributed by atoms with Gasteiger partial charge in [0, 0.05) is 21.3 Å². The Hall–Kier alpha value is -1.78. The highest BCUT2D eigenvalue weighted by Gasteiger charge is 2.76. The standard InChI is InChI=1S/C29H42BrN3O5S/c1-8-38-18-11-9-17(10-12-18)31-24(35)20-21-26(37)33(16(2)14-34)23(29(21)13-19(30)22(20)39-29)25(36)32-28(6,7)15-27(3,4)5/h9-12,16,19-23,34H,8,13-15H2,1-7H3,(H,31,35)(H,32,36)/t16-,19?,20+,21+,22+,23?,29?/m1/s1. The van der Waals surface area contributed by atoms with Crippen LogP contribution in [0.15, 0.2) is 24.3 Å². The van der Waals surface area contributed by atoms with Gasteiger partial charge >= 0.3 is 0 Å². The Labute approximate surface area is 244 Å². The van der Waals surface area contributed by atoms with E-state index < -0.39 is 34.2 Å². The number of amides is 3. The van der Waals surface area contributed by atoms with Crippen LogP contribution in [0.2, 0.25) is 0 Å². The summed E-state index contributed by atoms with van der Waals surface area (Å²) in [5.74, 6) is -1.23. The molecule has 3 aliphatic heterocycles. The predicted molar refractivity (Wildman–Crippen MR) is 158 cm³/mol. The van der Waals surface area contributed by atoms with Crippen LogP contribution in [0.3, 0.4) is 0 Å². The maximum Gasteiger partial charge on any atom is 0.244 e. The van der Waals surface area contributed by atoms with Gasteiger partial charge in [-0.25, -0.2) is 0 Å². The zero-order valence-corrected chi connectivity index (χ0v) is 26.3. The van der Waals surface area contributed by atoms with Crippen molar-refractivity contribution in [3.63, 3.8) is 0 Å². The SMILES string of the molecule is CCOc1ccc(NC(=O)[C@H]2[C@H]3C(=O)N([C@H](C)CO)C(C(=O)NC(C)(C)CC(C)(C)C)C34CC(Br)[C@@H]2S4)cc1. The Morgan fingerprint density at radius 2 is 1.85 bits per heavy atom. The Morgan fingerprint density at radius 1 is 1.21 bits per heavy atom. The van der Waals surface area contributed by atoms with Crippen LogP contribution in [-0.2, 0) is 14.4 Å². The van der Waals surface area contributed by atoms with Gasteiger partial charge in [0.1, 0.15) is 11.8 Å². The summed E-state index contributed by atoms with van der Waals surface area (Å²) in [5, 5.41) is 16.2. The van der Waals surface area contributed by atoms with Crippen molar-refractivity contribution < 1.29 is 24.2 Å². The van der Waals surface area contributed by atoms with Crippen molar-refractivity contribution in [3.8, 4) is 5.75 Å². The average molecular weight is 625 g/mol. The molecular weight excluding hydrogens is 582 g/mol. The van der Waals surface area contributed by atoms with Crippen molar-refractivity contribution in [2.75, 3.05) is 18.5 Å². The van der Waals surface area contributed by atoms with Crippen LogP contribution in [-0.4, -0.2) is 73.4 Å². The number of benzene rings is 1. The number of alkyl halides is 1. The van der Waals surface area contributed by atoms with E-state index in [9.17, 15) is 19.5 Å². The van der Waals surface area contributed by atoms with Crippen molar-refractivity contribution in [2.45, 2.75) is 93.8 Å². The van der Waals surface area contributed by atoms with Crippen molar-refractivity contribution in [1.82, 2.24) is 10.2 Å². The summed E-state index contributed by atoms with van der Waals surface area (Å²) in [6.45, 7) is 14.4. The van der Waals surface area contributed by atoms with Gasteiger partial charge in [-0.15, -0.1) is 11.8 Å². The third-order valence-electron chi connectivity index (χ3n) is 7.88. The first-order valence-electron chi connectivity index (χ1n) is 13.7. The predicted octanol–water partition coefficient (Wildman–Crippen LogP) is 4.20. The number of aliphatic hydroxyl groups is 1. The molecule has 3 amide bonds. The fourth-order valence-corrected chi connectivity index (χ4v) is 10.6. The smallest absolute Gasteiger partial charge is 0.244 e. The summed E-state index contributed by atoms with van der Waals surface area (Å²) in [4.78, 5) is 43.4. The number of hydrogen-bond acceptors (Lipinski definition) is 6. The topological polar surface area (TPSA) is 108 Å². The molecule has 7 atom stereocenters. The zero-order chi connectivity index (χ0) is 28.9. The fourth-order valence-electron chi connectivity index (χ4n) is 7.03. The van der Waals surface area contributed by atoms with E-state index in [1.54, 1.807) is 47.9 Å². The maximum absolute atomic E-state index is 14.1. The molecule has 3 saturated heterocycles. The van der Waals surface area contributed by atoms with Crippen molar-refractivity contribution in [1.29, 1.82) is 0 Å². The second-order valence-corrected chi connectivity index (χ2v) is 15.7. The van der Waals surface area contributed by atoms with Gasteiger partial charge in [-0.2, -0.15) is 0 Å². The van der Waals surface area contributed by atoms with Crippen LogP contribution in [0.25, 0.3) is 0 Å². The molecule has 1 spiro atoms. The number of anilines is 1. The summed E-state index contributed by atoms with van der Waals surface area (Å²) >= 11 is 5.38. The van der Waals surface area contributed by atoms with Crippen LogP contribution < -0.4 is 15.4 Å². The lowest BCUT2D eigenvalue weighted by Crippen LogP contribution is -2.60. The number of nitrogens with zero attached hydrogens (tertiary/aromatic N) is 1. The van der Waals surface area contributed by atoms with Crippen molar-refractivity contribution in [2.24, 2.45) is 17.3 Å². The molecule has 3 N–H and O–H groups in total. The highest BCUT2D eigenvalue weighted by atomic mass is 79.9. The number of halogens is 1. The Morgan fingerprint density at radius 3 is 2.41 bits per heavy atom. The molecule has 3 unspecified atom stereocenters. The molecule has 3 fully saturated rings. The summed E-state index contributed by atoms with van der Waals surface area (Å²) in [7, 11) is 0. The lowest BCUT2D eigenvalue weighted by Gasteiger charge is -2.40. The molecule has 8 nitrogen and oxygen atoms in total. The Balaban J connectivity index is 1.65. The minimum Gasteiger partial charge on any atom is -0.494 e. The number of rotatable bonds is 9. The quantitative estimate of drug-likeness (QED) is 0.356. The van der Waals surface area contributed by atoms with E-state index in [0.29, 0.717) is 24.5 Å². The molecule has 2 bridgehead atoms. The van der Waals surface area contributed by atoms with Crippen molar-refractivity contribution >= 4 is 51.1 Å². The zero-order valence-electron chi connectivity index (χ0n) is 23.9. The summed E-state index contributed by atoms with van der Waals surface area (Å²) in [6.07, 6.45) is 1.35. The first kappa shape index (κ1) is 30.2. The summed E-state index contributed by atoms with van der Waals surface area (Å²) in [5.41, 5.74) is 0.119. The van der Waals surface area contributed by atoms with Gasteiger partial charge in [0.25, 0.3) is 0 Å². The number of carbonyl (C=O) groups is 3. The van der Waals surface area contributed by atoms with E-state index in [1.165, 1.54) is 0 Å². The molecule has 39 heavy (non-hydrogen) atoms. The number of ether oxygens (including phenoxy) is 1. The molecule has 1 aromatic rings. The van der Waals surface area contributed by atoms with E-state index in [-0.39, 0.29) is 39.8 Å². The minimum absolute atomic E-state index is 0.00720. The number of thioether (sulfide) groups is 1. The molecule has 4 rings (SSSR count). The Bertz CT molecular complexity index is 1110. The molecule has 0 radical (unpaired) electrons. The Kier molecular flexibility index (Phi) is 8.43. The van der Waals surface area contributed by atoms with E-state index in [1.807, 2.05) is 20.8 Å². The molecule has 0 aliphatic carbocycles. The highest BCUT2D eigenvalue weighted by molar-refractivity contribution is 9.09. The van der Waals surface area contributed by atoms with Crippen LogP contribution >= 0.6 is 27.7 Å². The van der Waals surface area contributed by atoms with Gasteiger partial charge in [-0.1, -0.05) is 36.7 Å². The number of carbonyl (C=O) groups excluding carboxylic acids is 3. The second-order valence-electron chi connectivity index (χ2n) is 13.0.